The molecule has 0 aliphatic heterocycles. The monoisotopic (exact) mass is 298 g/mol. The van der Waals surface area contributed by atoms with Crippen LogP contribution in [0.2, 0.25) is 0 Å². The third-order valence-corrected chi connectivity index (χ3v) is 4.26. The predicted molar refractivity (Wildman–Crippen MR) is 73.6 cm³/mol. The van der Waals surface area contributed by atoms with Gasteiger partial charge in [0.15, 0.2) is 5.03 Å². The molecule has 0 fully saturated rings. The highest BCUT2D eigenvalue weighted by molar-refractivity contribution is 7.89. The van der Waals surface area contributed by atoms with E-state index in [9.17, 15) is 8.42 Å². The van der Waals surface area contributed by atoms with Crippen molar-refractivity contribution in [2.75, 3.05) is 20.6 Å². The zero-order valence-corrected chi connectivity index (χ0v) is 12.4. The molecule has 7 nitrogen and oxygen atoms in total. The maximum absolute atomic E-state index is 12.1. The second kappa shape index (κ2) is 5.78. The zero-order valence-electron chi connectivity index (χ0n) is 11.6. The van der Waals surface area contributed by atoms with Gasteiger partial charge in [0.1, 0.15) is 11.6 Å². The Morgan fingerprint density at radius 1 is 1.50 bits per heavy atom. The Hall–Kier alpha value is -1.64. The predicted octanol–water partition coefficient (Wildman–Crippen LogP) is 0.892. The molecule has 8 heteroatoms. The largest absolute Gasteiger partial charge is 0.468 e. The third-order valence-electron chi connectivity index (χ3n) is 2.93. The van der Waals surface area contributed by atoms with Gasteiger partial charge in [-0.2, -0.15) is 0 Å². The minimum atomic E-state index is -3.60. The number of H-pyrrole nitrogens is 1. The first-order valence-electron chi connectivity index (χ1n) is 6.11. The fourth-order valence-electron chi connectivity index (χ4n) is 1.82. The smallest absolute Gasteiger partial charge is 0.257 e. The second-order valence-electron chi connectivity index (χ2n) is 4.68. The lowest BCUT2D eigenvalue weighted by molar-refractivity contribution is 0.259. The Morgan fingerprint density at radius 2 is 2.25 bits per heavy atom. The van der Waals surface area contributed by atoms with Crippen molar-refractivity contribution in [3.8, 4) is 0 Å². The Bertz CT molecular complexity index is 646. The highest BCUT2D eigenvalue weighted by atomic mass is 32.2. The number of sulfonamides is 1. The first kappa shape index (κ1) is 14.8. The molecule has 0 aliphatic carbocycles. The van der Waals surface area contributed by atoms with Crippen molar-refractivity contribution in [1.82, 2.24) is 19.6 Å². The van der Waals surface area contributed by atoms with Crippen LogP contribution in [0.25, 0.3) is 0 Å². The van der Waals surface area contributed by atoms with Crippen LogP contribution in [0, 0.1) is 6.92 Å². The lowest BCUT2D eigenvalue weighted by Crippen LogP contribution is -2.34. The molecule has 0 amide bonds. The number of likely N-dealkylation sites (N-methyl/N-ethyl adjacent to an activating group) is 1. The van der Waals surface area contributed by atoms with Crippen molar-refractivity contribution in [2.45, 2.75) is 18.0 Å². The van der Waals surface area contributed by atoms with Crippen LogP contribution in [0.5, 0.6) is 0 Å². The van der Waals surface area contributed by atoms with E-state index in [-0.39, 0.29) is 17.6 Å². The lowest BCUT2D eigenvalue weighted by Gasteiger charge is -2.22. The van der Waals surface area contributed by atoms with Crippen LogP contribution in [-0.4, -0.2) is 43.9 Å². The molecule has 2 heterocycles. The molecule has 0 aromatic carbocycles. The van der Waals surface area contributed by atoms with Crippen LogP contribution >= 0.6 is 0 Å². The van der Waals surface area contributed by atoms with Gasteiger partial charge in [-0.05, 0) is 33.2 Å². The summed E-state index contributed by atoms with van der Waals surface area (Å²) in [6.45, 7) is 1.91. The average molecular weight is 298 g/mol. The van der Waals surface area contributed by atoms with Gasteiger partial charge in [0.25, 0.3) is 10.0 Å². The van der Waals surface area contributed by atoms with Crippen LogP contribution in [0.4, 0.5) is 0 Å². The van der Waals surface area contributed by atoms with Crippen molar-refractivity contribution >= 4 is 10.0 Å². The zero-order chi connectivity index (χ0) is 14.8. The van der Waals surface area contributed by atoms with Gasteiger partial charge in [0.05, 0.1) is 18.5 Å². The molecule has 0 spiro atoms. The number of furan rings is 1. The molecule has 0 radical (unpaired) electrons. The van der Waals surface area contributed by atoms with Gasteiger partial charge in [0.2, 0.25) is 0 Å². The van der Waals surface area contributed by atoms with E-state index in [0.717, 1.165) is 0 Å². The van der Waals surface area contributed by atoms with Crippen LogP contribution in [-0.2, 0) is 10.0 Å². The minimum absolute atomic E-state index is 0.0620. The lowest BCUT2D eigenvalue weighted by atomic mass is 10.2. The number of aromatic nitrogens is 2. The molecule has 0 bridgehead atoms. The van der Waals surface area contributed by atoms with Gasteiger partial charge in [-0.3, -0.25) is 4.90 Å². The SMILES string of the molecule is Cc1ncc(S(=O)(=O)NCC(c2ccco2)N(C)C)[nH]1. The molecule has 0 aliphatic rings. The van der Waals surface area contributed by atoms with E-state index in [4.69, 9.17) is 4.42 Å². The number of imidazole rings is 1. The average Bonchev–Trinajstić information content (AvgIpc) is 3.00. The topological polar surface area (TPSA) is 91.2 Å². The van der Waals surface area contributed by atoms with Gasteiger partial charge >= 0.3 is 0 Å². The molecule has 2 aromatic rings. The molecule has 2 aromatic heterocycles. The number of nitrogens with zero attached hydrogens (tertiary/aromatic N) is 2. The Morgan fingerprint density at radius 3 is 2.75 bits per heavy atom. The first-order valence-corrected chi connectivity index (χ1v) is 7.59. The quantitative estimate of drug-likeness (QED) is 0.826. The van der Waals surface area contributed by atoms with Gasteiger partial charge in [-0.15, -0.1) is 0 Å². The van der Waals surface area contributed by atoms with Gasteiger partial charge in [0, 0.05) is 6.54 Å². The summed E-state index contributed by atoms with van der Waals surface area (Å²) >= 11 is 0. The number of nitrogens with one attached hydrogen (secondary N) is 2. The standard InChI is InChI=1S/C12H18N4O3S/c1-9-13-8-12(15-9)20(17,18)14-7-10(16(2)3)11-5-4-6-19-11/h4-6,8,10,14H,7H2,1-3H3,(H,13,15). The van der Waals surface area contributed by atoms with Crippen molar-refractivity contribution in [3.63, 3.8) is 0 Å². The molecule has 1 atom stereocenters. The summed E-state index contributed by atoms with van der Waals surface area (Å²) in [7, 11) is 0.130. The van der Waals surface area contributed by atoms with Gasteiger partial charge in [-0.25, -0.2) is 18.1 Å². The molecule has 1 unspecified atom stereocenters. The van der Waals surface area contributed by atoms with Crippen molar-refractivity contribution < 1.29 is 12.8 Å². The van der Waals surface area contributed by atoms with Crippen molar-refractivity contribution in [1.29, 1.82) is 0 Å². The number of aryl methyl sites for hydroxylation is 1. The van der Waals surface area contributed by atoms with E-state index >= 15 is 0 Å². The molecular weight excluding hydrogens is 280 g/mol. The summed E-state index contributed by atoms with van der Waals surface area (Å²) < 4.78 is 32.1. The second-order valence-corrected chi connectivity index (χ2v) is 6.41. The van der Waals surface area contributed by atoms with Crippen molar-refractivity contribution in [3.05, 3.63) is 36.2 Å². The van der Waals surface area contributed by atoms with Crippen LogP contribution in [0.1, 0.15) is 17.6 Å². The number of hydrogen-bond donors (Lipinski definition) is 2. The Balaban J connectivity index is 2.10. The minimum Gasteiger partial charge on any atom is -0.468 e. The molecule has 0 saturated carbocycles. The fourth-order valence-corrected chi connectivity index (χ4v) is 2.83. The Labute approximate surface area is 118 Å². The maximum atomic E-state index is 12.1. The molecule has 2 rings (SSSR count). The Kier molecular flexibility index (Phi) is 4.26. The highest BCUT2D eigenvalue weighted by Crippen LogP contribution is 2.18. The molecule has 110 valence electrons. The molecule has 2 N–H and O–H groups in total. The summed E-state index contributed by atoms with van der Waals surface area (Å²) in [4.78, 5) is 8.49. The van der Waals surface area contributed by atoms with E-state index in [2.05, 4.69) is 14.7 Å². The van der Waals surface area contributed by atoms with Crippen LogP contribution < -0.4 is 4.72 Å². The fraction of sp³-hybridized carbons (Fsp3) is 0.417. The summed E-state index contributed by atoms with van der Waals surface area (Å²) in [6.07, 6.45) is 2.87. The normalized spacial score (nSPS) is 13.8. The van der Waals surface area contributed by atoms with Gasteiger partial charge in [-0.1, -0.05) is 0 Å². The maximum Gasteiger partial charge on any atom is 0.257 e. The number of hydrogen-bond acceptors (Lipinski definition) is 5. The summed E-state index contributed by atoms with van der Waals surface area (Å²) in [5.74, 6) is 1.26. The van der Waals surface area contributed by atoms with E-state index in [1.807, 2.05) is 25.1 Å². The summed E-state index contributed by atoms with van der Waals surface area (Å²) in [5, 5.41) is 0.0620. The van der Waals surface area contributed by atoms with E-state index in [0.29, 0.717) is 11.6 Å². The molecular formula is C12H18N4O3S. The molecule has 20 heavy (non-hydrogen) atoms. The third kappa shape index (κ3) is 3.27. The van der Waals surface area contributed by atoms with E-state index in [1.165, 1.54) is 6.20 Å². The molecule has 0 saturated heterocycles. The first-order chi connectivity index (χ1) is 9.40. The highest BCUT2D eigenvalue weighted by Gasteiger charge is 2.22. The van der Waals surface area contributed by atoms with E-state index < -0.39 is 10.0 Å². The van der Waals surface area contributed by atoms with E-state index in [1.54, 1.807) is 19.3 Å². The summed E-state index contributed by atoms with van der Waals surface area (Å²) in [5.41, 5.74) is 0. The van der Waals surface area contributed by atoms with Crippen molar-refractivity contribution in [2.24, 2.45) is 0 Å². The number of aromatic amines is 1. The van der Waals surface area contributed by atoms with Crippen LogP contribution in [0.3, 0.4) is 0 Å². The summed E-state index contributed by atoms with van der Waals surface area (Å²) in [6, 6.07) is 3.42. The van der Waals surface area contributed by atoms with Crippen LogP contribution in [0.15, 0.2) is 34.0 Å². The number of rotatable bonds is 6. The van der Waals surface area contributed by atoms with Gasteiger partial charge < -0.3 is 9.40 Å².